The lowest BCUT2D eigenvalue weighted by Crippen LogP contribution is -2.29. The third-order valence-corrected chi connectivity index (χ3v) is 6.80. The lowest BCUT2D eigenvalue weighted by atomic mass is 9.99. The molecule has 5 nitrogen and oxygen atoms in total. The minimum absolute atomic E-state index is 0.0989. The van der Waals surface area contributed by atoms with Crippen LogP contribution in [-0.4, -0.2) is 21.8 Å². The Kier molecular flexibility index (Phi) is 4.64. The average Bonchev–Trinajstić information content (AvgIpc) is 3.36. The second-order valence-electron chi connectivity index (χ2n) is 6.69. The summed E-state index contributed by atoms with van der Waals surface area (Å²) in [5.41, 5.74) is 2.48. The van der Waals surface area contributed by atoms with E-state index in [2.05, 4.69) is 4.98 Å². The number of aromatic nitrogens is 1. The predicted octanol–water partition coefficient (Wildman–Crippen LogP) is 4.76. The number of amides is 1. The van der Waals surface area contributed by atoms with Gasteiger partial charge in [0.1, 0.15) is 11.8 Å². The van der Waals surface area contributed by atoms with Gasteiger partial charge in [0.2, 0.25) is 0 Å². The number of rotatable bonds is 3. The van der Waals surface area contributed by atoms with Gasteiger partial charge < -0.3 is 5.11 Å². The van der Waals surface area contributed by atoms with Crippen molar-refractivity contribution in [3.8, 4) is 0 Å². The van der Waals surface area contributed by atoms with Gasteiger partial charge in [0, 0.05) is 15.3 Å². The molecular weight excluding hydrogens is 392 g/mol. The zero-order valence-electron chi connectivity index (χ0n) is 15.6. The van der Waals surface area contributed by atoms with E-state index in [4.69, 9.17) is 0 Å². The monoisotopic (exact) mass is 410 g/mol. The minimum atomic E-state index is -0.693. The third kappa shape index (κ3) is 2.96. The highest BCUT2D eigenvalue weighted by Gasteiger charge is 2.48. The van der Waals surface area contributed by atoms with Gasteiger partial charge in [0.25, 0.3) is 5.78 Å². The van der Waals surface area contributed by atoms with E-state index in [-0.39, 0.29) is 11.3 Å². The number of hydrogen-bond acceptors (Lipinski definition) is 6. The van der Waals surface area contributed by atoms with Gasteiger partial charge >= 0.3 is 5.91 Å². The second kappa shape index (κ2) is 7.00. The Balaban J connectivity index is 1.92. The maximum Gasteiger partial charge on any atom is 0.301 e. The molecule has 1 fully saturated rings. The van der Waals surface area contributed by atoms with Gasteiger partial charge in [-0.1, -0.05) is 35.9 Å². The number of anilines is 1. The Labute approximate surface area is 170 Å². The normalized spacial score (nSPS) is 18.8. The minimum Gasteiger partial charge on any atom is -0.507 e. The first-order valence-corrected chi connectivity index (χ1v) is 10.4. The molecule has 0 aliphatic carbocycles. The van der Waals surface area contributed by atoms with E-state index in [1.165, 1.54) is 27.6 Å². The standard InChI is InChI=1S/C21H18N2O3S2/c1-11-6-8-14(9-7-11)18(24)16-17(15-5-4-10-27-15)23(20(26)19(16)25)21-22-12(2)13(3)28-21/h4-10,17,24H,1-3H3/b18-16+/t17-/m0/s1. The van der Waals surface area contributed by atoms with Crippen LogP contribution in [0.4, 0.5) is 5.13 Å². The smallest absolute Gasteiger partial charge is 0.301 e. The predicted molar refractivity (Wildman–Crippen MR) is 112 cm³/mol. The number of nitrogens with zero attached hydrogens (tertiary/aromatic N) is 2. The van der Waals surface area contributed by atoms with Gasteiger partial charge in [0.15, 0.2) is 5.13 Å². The molecule has 3 aromatic rings. The average molecular weight is 411 g/mol. The van der Waals surface area contributed by atoms with Crippen molar-refractivity contribution in [1.82, 2.24) is 4.98 Å². The van der Waals surface area contributed by atoms with Crippen molar-refractivity contribution in [2.45, 2.75) is 26.8 Å². The molecule has 0 unspecified atom stereocenters. The number of carbonyl (C=O) groups excluding carboxylic acids is 2. The van der Waals surface area contributed by atoms with E-state index >= 15 is 0 Å². The molecule has 4 rings (SSSR count). The third-order valence-electron chi connectivity index (χ3n) is 4.81. The summed E-state index contributed by atoms with van der Waals surface area (Å²) in [6, 6.07) is 10.3. The number of Topliss-reactive ketones (excluding diaryl/α,β-unsaturated/α-hetero) is 1. The molecule has 1 aliphatic heterocycles. The van der Waals surface area contributed by atoms with Crippen LogP contribution >= 0.6 is 22.7 Å². The first-order chi connectivity index (χ1) is 13.4. The highest BCUT2D eigenvalue weighted by atomic mass is 32.1. The number of hydrogen-bond donors (Lipinski definition) is 1. The van der Waals surface area contributed by atoms with E-state index in [0.29, 0.717) is 10.7 Å². The summed E-state index contributed by atoms with van der Waals surface area (Å²) in [6.45, 7) is 5.75. The van der Waals surface area contributed by atoms with Crippen molar-refractivity contribution in [3.63, 3.8) is 0 Å². The quantitative estimate of drug-likeness (QED) is 0.384. The molecule has 1 atom stereocenters. The van der Waals surface area contributed by atoms with Gasteiger partial charge in [-0.15, -0.1) is 22.7 Å². The molecule has 1 N–H and O–H groups in total. The van der Waals surface area contributed by atoms with Gasteiger partial charge in [-0.3, -0.25) is 14.5 Å². The van der Waals surface area contributed by atoms with Crippen LogP contribution in [0.3, 0.4) is 0 Å². The topological polar surface area (TPSA) is 70.5 Å². The first-order valence-electron chi connectivity index (χ1n) is 8.74. The van der Waals surface area contributed by atoms with Crippen molar-refractivity contribution in [3.05, 3.63) is 73.9 Å². The molecule has 2 aromatic heterocycles. The molecular formula is C21H18N2O3S2. The van der Waals surface area contributed by atoms with E-state index < -0.39 is 17.7 Å². The van der Waals surface area contributed by atoms with Gasteiger partial charge in [-0.25, -0.2) is 4.98 Å². The number of aryl methyl sites for hydroxylation is 3. The van der Waals surface area contributed by atoms with Gasteiger partial charge in [-0.05, 0) is 32.2 Å². The lowest BCUT2D eigenvalue weighted by molar-refractivity contribution is -0.132. The van der Waals surface area contributed by atoms with Crippen molar-refractivity contribution in [1.29, 1.82) is 0 Å². The Bertz CT molecular complexity index is 1080. The molecule has 1 aliphatic rings. The maximum atomic E-state index is 12.9. The van der Waals surface area contributed by atoms with E-state index in [9.17, 15) is 14.7 Å². The highest BCUT2D eigenvalue weighted by molar-refractivity contribution is 7.16. The number of aliphatic hydroxyl groups excluding tert-OH is 1. The van der Waals surface area contributed by atoms with E-state index in [1.807, 2.05) is 50.4 Å². The Morgan fingerprint density at radius 2 is 1.82 bits per heavy atom. The Morgan fingerprint density at radius 1 is 1.11 bits per heavy atom. The summed E-state index contributed by atoms with van der Waals surface area (Å²) in [5, 5.41) is 13.3. The molecule has 0 bridgehead atoms. The summed E-state index contributed by atoms with van der Waals surface area (Å²) >= 11 is 2.81. The van der Waals surface area contributed by atoms with Crippen LogP contribution in [0.2, 0.25) is 0 Å². The highest BCUT2D eigenvalue weighted by Crippen LogP contribution is 2.44. The summed E-state index contributed by atoms with van der Waals surface area (Å²) in [6.07, 6.45) is 0. The van der Waals surface area contributed by atoms with E-state index in [1.54, 1.807) is 12.1 Å². The summed E-state index contributed by atoms with van der Waals surface area (Å²) in [5.74, 6) is -1.52. The van der Waals surface area contributed by atoms with Crippen molar-refractivity contribution >= 4 is 45.3 Å². The number of thiazole rings is 1. The molecule has 142 valence electrons. The second-order valence-corrected chi connectivity index (χ2v) is 8.85. The van der Waals surface area contributed by atoms with Crippen LogP contribution in [0.1, 0.15) is 32.6 Å². The Morgan fingerprint density at radius 3 is 2.39 bits per heavy atom. The molecule has 1 aromatic carbocycles. The lowest BCUT2D eigenvalue weighted by Gasteiger charge is -2.21. The molecule has 1 amide bonds. The number of aliphatic hydroxyl groups is 1. The number of carbonyl (C=O) groups is 2. The number of thiophene rings is 1. The largest absolute Gasteiger partial charge is 0.507 e. The zero-order valence-corrected chi connectivity index (χ0v) is 17.2. The summed E-state index contributed by atoms with van der Waals surface area (Å²) in [7, 11) is 0. The van der Waals surface area contributed by atoms with Crippen LogP contribution in [0.15, 0.2) is 47.4 Å². The zero-order chi connectivity index (χ0) is 20.0. The molecule has 1 saturated heterocycles. The van der Waals surface area contributed by atoms with Crippen molar-refractivity contribution in [2.24, 2.45) is 0 Å². The molecule has 3 heterocycles. The van der Waals surface area contributed by atoms with Crippen LogP contribution in [0, 0.1) is 20.8 Å². The van der Waals surface area contributed by atoms with Crippen molar-refractivity contribution in [2.75, 3.05) is 4.90 Å². The van der Waals surface area contributed by atoms with Crippen LogP contribution in [0.5, 0.6) is 0 Å². The fraction of sp³-hybridized carbons (Fsp3) is 0.190. The van der Waals surface area contributed by atoms with Crippen LogP contribution < -0.4 is 4.90 Å². The van der Waals surface area contributed by atoms with Crippen LogP contribution in [-0.2, 0) is 9.59 Å². The number of benzene rings is 1. The van der Waals surface area contributed by atoms with Crippen molar-refractivity contribution < 1.29 is 14.7 Å². The molecule has 0 saturated carbocycles. The summed E-state index contributed by atoms with van der Waals surface area (Å²) in [4.78, 5) is 33.6. The Hall–Kier alpha value is -2.77. The molecule has 0 radical (unpaired) electrons. The molecule has 0 spiro atoms. The van der Waals surface area contributed by atoms with Gasteiger partial charge in [0.05, 0.1) is 11.3 Å². The fourth-order valence-electron chi connectivity index (χ4n) is 3.17. The van der Waals surface area contributed by atoms with Gasteiger partial charge in [-0.2, -0.15) is 0 Å². The maximum absolute atomic E-state index is 12.9. The van der Waals surface area contributed by atoms with Crippen LogP contribution in [0.25, 0.3) is 5.76 Å². The first kappa shape index (κ1) is 18.6. The summed E-state index contributed by atoms with van der Waals surface area (Å²) < 4.78 is 0. The molecule has 7 heteroatoms. The fourth-order valence-corrected chi connectivity index (χ4v) is 4.93. The SMILES string of the molecule is Cc1ccc(/C(O)=C2\C(=O)C(=O)N(c3nc(C)c(C)s3)[C@H]2c2cccs2)cc1. The molecule has 28 heavy (non-hydrogen) atoms. The van der Waals surface area contributed by atoms with E-state index in [0.717, 1.165) is 21.0 Å². The number of ketones is 1.